The molecule has 0 N–H and O–H groups in total. The maximum Gasteiger partial charge on any atom is 0.132 e. The lowest BCUT2D eigenvalue weighted by molar-refractivity contribution is -0.336. The number of rotatable bonds is 4. The number of hydrogen-bond donors (Lipinski definition) is 0. The molecule has 0 saturated carbocycles. The summed E-state index contributed by atoms with van der Waals surface area (Å²) in [6, 6.07) is 24.0. The van der Waals surface area contributed by atoms with E-state index in [0.717, 1.165) is 43.8 Å². The Morgan fingerprint density at radius 3 is 1.57 bits per heavy atom. The van der Waals surface area contributed by atoms with Gasteiger partial charge in [0.2, 0.25) is 0 Å². The van der Waals surface area contributed by atoms with E-state index in [9.17, 15) is 28.7 Å². The van der Waals surface area contributed by atoms with E-state index in [1.807, 2.05) is 54.6 Å². The summed E-state index contributed by atoms with van der Waals surface area (Å²) in [5.74, 6) is -1.19. The highest BCUT2D eigenvalue weighted by Crippen LogP contribution is 2.70. The predicted octanol–water partition coefficient (Wildman–Crippen LogP) is 4.17. The minimum atomic E-state index is -5.52. The van der Waals surface area contributed by atoms with Crippen LogP contribution in [0.15, 0.2) is 72.8 Å². The van der Waals surface area contributed by atoms with Gasteiger partial charge in [0, 0.05) is 40.0 Å². The Bertz CT molecular complexity index is 2140. The molecule has 0 saturated heterocycles. The van der Waals surface area contributed by atoms with E-state index in [1.165, 1.54) is 0 Å². The van der Waals surface area contributed by atoms with E-state index in [1.54, 1.807) is 0 Å². The first kappa shape index (κ1) is 25.1. The summed E-state index contributed by atoms with van der Waals surface area (Å²) in [4.78, 5) is 48.8. The molecule has 210 valence electrons. The minimum absolute atomic E-state index is 0.0232. The maximum absolute atomic E-state index is 12.2. The molecule has 8 nitrogen and oxygen atoms in total. The van der Waals surface area contributed by atoms with Crippen molar-refractivity contribution in [2.75, 3.05) is 0 Å². The number of phosphoric ester groups is 2. The van der Waals surface area contributed by atoms with Crippen LogP contribution in [-0.2, 0) is 15.6 Å². The summed E-state index contributed by atoms with van der Waals surface area (Å²) < 4.78 is 35.1. The van der Waals surface area contributed by atoms with Gasteiger partial charge in [0.05, 0.1) is 0 Å². The van der Waals surface area contributed by atoms with Crippen molar-refractivity contribution in [3.63, 3.8) is 0 Å². The molecular formula is C32H20O8P2-4. The Balaban J connectivity index is 1.33. The molecule has 2 bridgehead atoms. The first-order valence-corrected chi connectivity index (χ1v) is 16.7. The smallest absolute Gasteiger partial charge is 0.132 e. The SMILES string of the molecule is O=P([O-])([O-])Oc1c2c(c(OP(=O)([O-])[O-])c3c1[C@H]1C[C@@H]3c3cc4ccccc4cc31)[C@@H]1c3cc4ccccc4cc3[C@@H]1C2. The third kappa shape index (κ3) is 3.39. The van der Waals surface area contributed by atoms with Crippen molar-refractivity contribution in [2.45, 2.75) is 36.5 Å². The molecule has 0 heterocycles. The summed E-state index contributed by atoms with van der Waals surface area (Å²) in [5.41, 5.74) is 5.69. The molecule has 0 radical (unpaired) electrons. The molecule has 4 aliphatic rings. The monoisotopic (exact) mass is 594 g/mol. The molecule has 10 heteroatoms. The number of hydrogen-bond acceptors (Lipinski definition) is 8. The molecule has 0 aromatic heterocycles. The fourth-order valence-electron chi connectivity index (χ4n) is 8.35. The zero-order valence-corrected chi connectivity index (χ0v) is 23.6. The normalized spacial score (nSPS) is 22.8. The van der Waals surface area contributed by atoms with E-state index >= 15 is 0 Å². The Kier molecular flexibility index (Phi) is 4.84. The Labute approximate surface area is 240 Å². The minimum Gasteiger partial charge on any atom is -0.780 e. The topological polar surface area (TPSA) is 145 Å². The van der Waals surface area contributed by atoms with E-state index in [0.29, 0.717) is 35.1 Å². The van der Waals surface area contributed by atoms with Crippen LogP contribution in [0.25, 0.3) is 21.5 Å². The molecule has 42 heavy (non-hydrogen) atoms. The van der Waals surface area contributed by atoms with Gasteiger partial charge in [-0.2, -0.15) is 0 Å². The molecule has 0 aliphatic heterocycles. The summed E-state index contributed by atoms with van der Waals surface area (Å²) in [5, 5.41) is 4.07. The van der Waals surface area contributed by atoms with E-state index < -0.39 is 15.6 Å². The van der Waals surface area contributed by atoms with Crippen LogP contribution in [0.2, 0.25) is 0 Å². The lowest BCUT2D eigenvalue weighted by Gasteiger charge is -2.39. The van der Waals surface area contributed by atoms with Crippen LogP contribution in [0.3, 0.4) is 0 Å². The Hall–Kier alpha value is -3.48. The van der Waals surface area contributed by atoms with Crippen LogP contribution in [0, 0.1) is 0 Å². The second-order valence-corrected chi connectivity index (χ2v) is 13.9. The molecule has 5 aromatic rings. The highest BCUT2D eigenvalue weighted by molar-refractivity contribution is 7.43. The van der Waals surface area contributed by atoms with Gasteiger partial charge >= 0.3 is 0 Å². The van der Waals surface area contributed by atoms with Crippen LogP contribution in [0.4, 0.5) is 0 Å². The molecule has 4 aliphatic carbocycles. The average molecular weight is 594 g/mol. The van der Waals surface area contributed by atoms with E-state index in [2.05, 4.69) is 18.2 Å². The van der Waals surface area contributed by atoms with E-state index in [4.69, 9.17) is 9.05 Å². The Morgan fingerprint density at radius 1 is 0.595 bits per heavy atom. The molecular weight excluding hydrogens is 574 g/mol. The zero-order valence-electron chi connectivity index (χ0n) is 21.8. The lowest BCUT2D eigenvalue weighted by Crippen LogP contribution is -2.24. The summed E-state index contributed by atoms with van der Waals surface area (Å²) in [6.45, 7) is 0. The van der Waals surface area contributed by atoms with Gasteiger partial charge in [0.25, 0.3) is 0 Å². The van der Waals surface area contributed by atoms with Crippen molar-refractivity contribution in [1.82, 2.24) is 0 Å². The molecule has 0 amide bonds. The van der Waals surface area contributed by atoms with E-state index in [-0.39, 0.29) is 35.2 Å². The van der Waals surface area contributed by atoms with Gasteiger partial charge in [-0.25, -0.2) is 0 Å². The van der Waals surface area contributed by atoms with Gasteiger partial charge in [-0.3, -0.25) is 0 Å². The van der Waals surface area contributed by atoms with Gasteiger partial charge in [0.1, 0.15) is 27.1 Å². The highest BCUT2D eigenvalue weighted by Gasteiger charge is 2.53. The van der Waals surface area contributed by atoms with Crippen molar-refractivity contribution in [1.29, 1.82) is 0 Å². The lowest BCUT2D eigenvalue weighted by atomic mass is 9.67. The first-order valence-electron chi connectivity index (χ1n) is 13.8. The Morgan fingerprint density at radius 2 is 1.05 bits per heavy atom. The summed E-state index contributed by atoms with van der Waals surface area (Å²) >= 11 is 0. The quantitative estimate of drug-likeness (QED) is 0.282. The molecule has 0 spiro atoms. The number of fused-ring (bicyclic) bond motifs is 16. The zero-order chi connectivity index (χ0) is 28.7. The van der Waals surface area contributed by atoms with Crippen molar-refractivity contribution < 1.29 is 37.8 Å². The second-order valence-electron chi connectivity index (χ2n) is 11.7. The molecule has 5 aromatic carbocycles. The fraction of sp³-hybridized carbons (Fsp3) is 0.188. The third-order valence-corrected chi connectivity index (χ3v) is 10.5. The van der Waals surface area contributed by atoms with Crippen molar-refractivity contribution in [3.05, 3.63) is 117 Å². The van der Waals surface area contributed by atoms with Crippen LogP contribution in [-0.4, -0.2) is 0 Å². The maximum atomic E-state index is 12.2. The van der Waals surface area contributed by atoms with Crippen molar-refractivity contribution >= 4 is 37.2 Å². The van der Waals surface area contributed by atoms with Crippen LogP contribution < -0.4 is 28.6 Å². The van der Waals surface area contributed by atoms with Crippen LogP contribution in [0.5, 0.6) is 11.5 Å². The highest BCUT2D eigenvalue weighted by atomic mass is 31.2. The van der Waals surface area contributed by atoms with Crippen LogP contribution >= 0.6 is 15.6 Å². The van der Waals surface area contributed by atoms with Crippen molar-refractivity contribution in [3.8, 4) is 11.5 Å². The van der Waals surface area contributed by atoms with Gasteiger partial charge in [-0.15, -0.1) is 0 Å². The third-order valence-electron chi connectivity index (χ3n) is 9.72. The average Bonchev–Trinajstić information content (AvgIpc) is 3.60. The summed E-state index contributed by atoms with van der Waals surface area (Å²) in [6.07, 6.45) is 0.851. The second kappa shape index (κ2) is 8.12. The number of benzene rings is 5. The number of phosphoric acid groups is 2. The molecule has 0 fully saturated rings. The van der Waals surface area contributed by atoms with Gasteiger partial charge in [0.15, 0.2) is 0 Å². The fourth-order valence-corrected chi connectivity index (χ4v) is 9.20. The van der Waals surface area contributed by atoms with Gasteiger partial charge in [-0.05, 0) is 62.6 Å². The first-order chi connectivity index (χ1) is 20.1. The van der Waals surface area contributed by atoms with Crippen LogP contribution in [0.1, 0.15) is 74.6 Å². The van der Waals surface area contributed by atoms with Gasteiger partial charge in [-0.1, -0.05) is 72.8 Å². The largest absolute Gasteiger partial charge is 0.780 e. The standard InChI is InChI=1S/C32H24O8P2/c33-41(34,35)39-31-26-14-23-21-11-17-7-3-4-8-18(17)12-22(21)27(23)30(26)32(40-42(36,37)38)29-25-13-24(28(29)31)19-9-15-5-1-2-6-16(15)10-20(19)25/h1-12,23-25,27H,13-14H2,(H2,33,34,35)(H2,36,37,38)/p-4/t23-,24-,25+,27+/m0/s1. The van der Waals surface area contributed by atoms with Gasteiger partial charge < -0.3 is 37.8 Å². The molecule has 0 unspecified atom stereocenters. The molecule has 9 rings (SSSR count). The summed E-state index contributed by atoms with van der Waals surface area (Å²) in [7, 11) is -11.0. The van der Waals surface area contributed by atoms with Crippen molar-refractivity contribution in [2.24, 2.45) is 0 Å². The molecule has 4 atom stereocenters. The predicted molar refractivity (Wildman–Crippen MR) is 147 cm³/mol.